The van der Waals surface area contributed by atoms with Gasteiger partial charge in [0, 0.05) is 38.4 Å². The lowest BCUT2D eigenvalue weighted by Crippen LogP contribution is -2.54. The predicted octanol–water partition coefficient (Wildman–Crippen LogP) is 1.93. The first kappa shape index (κ1) is 15.8. The fourth-order valence-corrected chi connectivity index (χ4v) is 2.84. The molecule has 1 aliphatic heterocycles. The highest BCUT2D eigenvalue weighted by Gasteiger charge is 2.27. The van der Waals surface area contributed by atoms with Crippen LogP contribution in [0.2, 0.25) is 0 Å². The summed E-state index contributed by atoms with van der Waals surface area (Å²) in [5.41, 5.74) is 3.62. The molecule has 21 heavy (non-hydrogen) atoms. The summed E-state index contributed by atoms with van der Waals surface area (Å²) in [4.78, 5) is 4.84. The summed E-state index contributed by atoms with van der Waals surface area (Å²) >= 11 is 0. The van der Waals surface area contributed by atoms with E-state index in [0.717, 1.165) is 32.7 Å². The molecule has 1 fully saturated rings. The topological polar surface area (TPSA) is 42.3 Å². The van der Waals surface area contributed by atoms with E-state index in [9.17, 15) is 5.26 Å². The van der Waals surface area contributed by atoms with E-state index in [1.54, 1.807) is 0 Å². The van der Waals surface area contributed by atoms with Crippen LogP contribution >= 0.6 is 0 Å². The molecule has 0 bridgehead atoms. The van der Waals surface area contributed by atoms with Crippen LogP contribution in [0.4, 0.5) is 5.69 Å². The maximum atomic E-state index is 9.26. The molecule has 0 spiro atoms. The first-order valence-corrected chi connectivity index (χ1v) is 7.63. The average Bonchev–Trinajstić information content (AvgIpc) is 2.51. The molecule has 0 saturated carbocycles. The second-order valence-corrected chi connectivity index (χ2v) is 6.18. The Kier molecular flexibility index (Phi) is 4.87. The summed E-state index contributed by atoms with van der Waals surface area (Å²) in [6.07, 6.45) is 0. The number of hydrogen-bond donors (Lipinski definition) is 1. The zero-order chi connectivity index (χ0) is 15.5. The van der Waals surface area contributed by atoms with Gasteiger partial charge >= 0.3 is 0 Å². The van der Waals surface area contributed by atoms with Gasteiger partial charge in [-0.05, 0) is 45.0 Å². The largest absolute Gasteiger partial charge is 0.369 e. The van der Waals surface area contributed by atoms with Crippen molar-refractivity contribution < 1.29 is 0 Å². The van der Waals surface area contributed by atoms with E-state index in [1.807, 2.05) is 14.0 Å². The van der Waals surface area contributed by atoms with Crippen LogP contribution in [0.25, 0.3) is 0 Å². The van der Waals surface area contributed by atoms with Gasteiger partial charge in [-0.15, -0.1) is 0 Å². The van der Waals surface area contributed by atoms with E-state index in [0.29, 0.717) is 0 Å². The molecule has 1 atom stereocenters. The van der Waals surface area contributed by atoms with Crippen LogP contribution in [-0.2, 0) is 0 Å². The third-order valence-corrected chi connectivity index (χ3v) is 4.63. The quantitative estimate of drug-likeness (QED) is 0.918. The van der Waals surface area contributed by atoms with Crippen molar-refractivity contribution >= 4 is 5.69 Å². The third kappa shape index (κ3) is 3.55. The smallest absolute Gasteiger partial charge is 0.116 e. The first-order valence-electron chi connectivity index (χ1n) is 7.63. The third-order valence-electron chi connectivity index (χ3n) is 4.63. The molecule has 1 N–H and O–H groups in total. The van der Waals surface area contributed by atoms with Gasteiger partial charge in [-0.1, -0.05) is 12.1 Å². The molecule has 2 rings (SSSR count). The number of rotatable bonds is 4. The van der Waals surface area contributed by atoms with Crippen molar-refractivity contribution in [1.29, 1.82) is 5.26 Å². The number of nitriles is 1. The number of anilines is 1. The fraction of sp³-hybridized carbons (Fsp3) is 0.588. The number of nitrogens with one attached hydrogen (secondary N) is 1. The Morgan fingerprint density at radius 1 is 1.24 bits per heavy atom. The minimum absolute atomic E-state index is 0.457. The van der Waals surface area contributed by atoms with Crippen LogP contribution in [0.15, 0.2) is 18.2 Å². The van der Waals surface area contributed by atoms with Crippen LogP contribution in [0.5, 0.6) is 0 Å². The van der Waals surface area contributed by atoms with Crippen molar-refractivity contribution in [3.05, 3.63) is 29.3 Å². The van der Waals surface area contributed by atoms with Crippen molar-refractivity contribution in [1.82, 2.24) is 10.2 Å². The van der Waals surface area contributed by atoms with Gasteiger partial charge in [0.1, 0.15) is 5.54 Å². The molecule has 114 valence electrons. The maximum Gasteiger partial charge on any atom is 0.116 e. The van der Waals surface area contributed by atoms with Crippen LogP contribution in [0.3, 0.4) is 0 Å². The van der Waals surface area contributed by atoms with E-state index < -0.39 is 5.54 Å². The van der Waals surface area contributed by atoms with E-state index >= 15 is 0 Å². The Balaban J connectivity index is 1.98. The molecule has 4 heteroatoms. The summed E-state index contributed by atoms with van der Waals surface area (Å²) in [7, 11) is 1.86. The molecule has 0 amide bonds. The first-order chi connectivity index (χ1) is 9.99. The SMILES string of the molecule is CNC(C)(C#N)CN1CCN(c2cccc(C)c2C)CC1. The summed E-state index contributed by atoms with van der Waals surface area (Å²) < 4.78 is 0. The van der Waals surface area contributed by atoms with Gasteiger partial charge in [0.25, 0.3) is 0 Å². The van der Waals surface area contributed by atoms with Gasteiger partial charge in [-0.25, -0.2) is 0 Å². The molecule has 0 aliphatic carbocycles. The fourth-order valence-electron chi connectivity index (χ4n) is 2.84. The Bertz CT molecular complexity index is 526. The molecule has 0 aromatic heterocycles. The molecule has 4 nitrogen and oxygen atoms in total. The number of piperazine rings is 1. The summed E-state index contributed by atoms with van der Waals surface area (Å²) in [5.74, 6) is 0. The highest BCUT2D eigenvalue weighted by molar-refractivity contribution is 5.56. The Hall–Kier alpha value is -1.57. The molecule has 1 aromatic carbocycles. The standard InChI is InChI=1S/C17H26N4/c1-14-6-5-7-16(15(14)2)21-10-8-20(9-11-21)13-17(3,12-18)19-4/h5-7,19H,8-11,13H2,1-4H3. The second-order valence-electron chi connectivity index (χ2n) is 6.18. The lowest BCUT2D eigenvalue weighted by molar-refractivity contribution is 0.214. The zero-order valence-corrected chi connectivity index (χ0v) is 13.6. The molecule has 1 aromatic rings. The van der Waals surface area contributed by atoms with Gasteiger partial charge in [0.15, 0.2) is 0 Å². The van der Waals surface area contributed by atoms with Gasteiger partial charge in [0.05, 0.1) is 6.07 Å². The molecule has 0 radical (unpaired) electrons. The number of benzene rings is 1. The average molecular weight is 286 g/mol. The predicted molar refractivity (Wildman–Crippen MR) is 87.6 cm³/mol. The number of likely N-dealkylation sites (N-methyl/N-ethyl adjacent to an activating group) is 1. The van der Waals surface area contributed by atoms with Crippen molar-refractivity contribution in [2.75, 3.05) is 44.7 Å². The lowest BCUT2D eigenvalue weighted by Gasteiger charge is -2.39. The maximum absolute atomic E-state index is 9.26. The second kappa shape index (κ2) is 6.46. The van der Waals surface area contributed by atoms with Crippen molar-refractivity contribution in [3.8, 4) is 6.07 Å². The Morgan fingerprint density at radius 2 is 1.90 bits per heavy atom. The highest BCUT2D eigenvalue weighted by Crippen LogP contribution is 2.24. The molecular formula is C17H26N4. The van der Waals surface area contributed by atoms with Crippen molar-refractivity contribution in [2.45, 2.75) is 26.3 Å². The van der Waals surface area contributed by atoms with Crippen molar-refractivity contribution in [2.24, 2.45) is 0 Å². The molecular weight excluding hydrogens is 260 g/mol. The molecule has 1 saturated heterocycles. The summed E-state index contributed by atoms with van der Waals surface area (Å²) in [6.45, 7) is 11.2. The van der Waals surface area contributed by atoms with Crippen LogP contribution < -0.4 is 10.2 Å². The van der Waals surface area contributed by atoms with Crippen molar-refractivity contribution in [3.63, 3.8) is 0 Å². The monoisotopic (exact) mass is 286 g/mol. The lowest BCUT2D eigenvalue weighted by atomic mass is 10.0. The number of aryl methyl sites for hydroxylation is 1. The Morgan fingerprint density at radius 3 is 2.48 bits per heavy atom. The van der Waals surface area contributed by atoms with E-state index in [2.05, 4.69) is 53.2 Å². The highest BCUT2D eigenvalue weighted by atomic mass is 15.3. The molecule has 1 aliphatic rings. The minimum atomic E-state index is -0.457. The van der Waals surface area contributed by atoms with Crippen LogP contribution in [0, 0.1) is 25.2 Å². The zero-order valence-electron chi connectivity index (χ0n) is 13.6. The van der Waals surface area contributed by atoms with E-state index in [4.69, 9.17) is 0 Å². The van der Waals surface area contributed by atoms with Crippen LogP contribution in [-0.4, -0.2) is 50.2 Å². The van der Waals surface area contributed by atoms with Crippen LogP contribution in [0.1, 0.15) is 18.1 Å². The van der Waals surface area contributed by atoms with Gasteiger partial charge in [-0.2, -0.15) is 5.26 Å². The minimum Gasteiger partial charge on any atom is -0.369 e. The van der Waals surface area contributed by atoms with Gasteiger partial charge < -0.3 is 10.2 Å². The van der Waals surface area contributed by atoms with Gasteiger partial charge in [-0.3, -0.25) is 4.90 Å². The number of hydrogen-bond acceptors (Lipinski definition) is 4. The van der Waals surface area contributed by atoms with Gasteiger partial charge in [0.2, 0.25) is 0 Å². The molecule has 1 unspecified atom stereocenters. The Labute approximate surface area is 128 Å². The number of nitrogens with zero attached hydrogens (tertiary/aromatic N) is 3. The summed E-state index contributed by atoms with van der Waals surface area (Å²) in [6, 6.07) is 8.89. The summed E-state index contributed by atoms with van der Waals surface area (Å²) in [5, 5.41) is 12.4. The normalized spacial score (nSPS) is 19.1. The van der Waals surface area contributed by atoms with E-state index in [1.165, 1.54) is 16.8 Å². The van der Waals surface area contributed by atoms with E-state index in [-0.39, 0.29) is 0 Å². The molecule has 1 heterocycles.